The topological polar surface area (TPSA) is 37.4 Å². The predicted molar refractivity (Wildman–Crippen MR) is 66.3 cm³/mol. The van der Waals surface area contributed by atoms with Gasteiger partial charge in [-0.25, -0.2) is 8.42 Å². The van der Waals surface area contributed by atoms with Gasteiger partial charge in [0, 0.05) is 13.1 Å². The second-order valence-corrected chi connectivity index (χ2v) is 5.76. The van der Waals surface area contributed by atoms with E-state index in [2.05, 4.69) is 0 Å². The van der Waals surface area contributed by atoms with E-state index in [1.54, 1.807) is 25.1 Å². The molecular weight excluding hydrogens is 246 g/mol. The molecular formula is C11H16ClNO2S. The third-order valence-corrected chi connectivity index (χ3v) is 5.15. The van der Waals surface area contributed by atoms with Gasteiger partial charge in [0.1, 0.15) is 4.90 Å². The highest BCUT2D eigenvalue weighted by atomic mass is 35.5. The van der Waals surface area contributed by atoms with Gasteiger partial charge in [0.25, 0.3) is 0 Å². The van der Waals surface area contributed by atoms with Crippen molar-refractivity contribution in [3.8, 4) is 0 Å². The van der Waals surface area contributed by atoms with Crippen LogP contribution in [-0.4, -0.2) is 25.8 Å². The van der Waals surface area contributed by atoms with Gasteiger partial charge >= 0.3 is 0 Å². The van der Waals surface area contributed by atoms with E-state index in [1.807, 2.05) is 13.8 Å². The Hall–Kier alpha value is -0.580. The maximum Gasteiger partial charge on any atom is 0.244 e. The molecule has 0 aliphatic rings. The fraction of sp³-hybridized carbons (Fsp3) is 0.455. The highest BCUT2D eigenvalue weighted by Gasteiger charge is 2.25. The summed E-state index contributed by atoms with van der Waals surface area (Å²) < 4.78 is 26.0. The van der Waals surface area contributed by atoms with E-state index in [9.17, 15) is 8.42 Å². The molecule has 1 aromatic rings. The molecule has 0 fully saturated rings. The first-order valence-corrected chi connectivity index (χ1v) is 7.02. The first kappa shape index (κ1) is 13.5. The van der Waals surface area contributed by atoms with Crippen molar-refractivity contribution in [2.24, 2.45) is 0 Å². The van der Waals surface area contributed by atoms with Crippen molar-refractivity contribution in [2.75, 3.05) is 13.1 Å². The quantitative estimate of drug-likeness (QED) is 0.836. The van der Waals surface area contributed by atoms with Crippen LogP contribution < -0.4 is 0 Å². The molecule has 0 atom stereocenters. The number of nitrogens with zero attached hydrogens (tertiary/aromatic N) is 1. The maximum atomic E-state index is 12.3. The Bertz CT molecular complexity index is 447. The lowest BCUT2D eigenvalue weighted by atomic mass is 10.2. The Kier molecular flexibility index (Phi) is 4.35. The molecule has 16 heavy (non-hydrogen) atoms. The first-order valence-electron chi connectivity index (χ1n) is 5.20. The molecule has 0 saturated carbocycles. The van der Waals surface area contributed by atoms with Gasteiger partial charge in [-0.2, -0.15) is 4.31 Å². The first-order chi connectivity index (χ1) is 7.45. The van der Waals surface area contributed by atoms with Crippen LogP contribution in [0.25, 0.3) is 0 Å². The number of benzene rings is 1. The fourth-order valence-corrected chi connectivity index (χ4v) is 3.88. The smallest absolute Gasteiger partial charge is 0.207 e. The highest BCUT2D eigenvalue weighted by Crippen LogP contribution is 2.27. The monoisotopic (exact) mass is 261 g/mol. The van der Waals surface area contributed by atoms with Crippen molar-refractivity contribution in [2.45, 2.75) is 25.7 Å². The van der Waals surface area contributed by atoms with Crippen molar-refractivity contribution >= 4 is 21.6 Å². The predicted octanol–water partition coefficient (Wildman–Crippen LogP) is 2.68. The van der Waals surface area contributed by atoms with Crippen LogP contribution in [-0.2, 0) is 10.0 Å². The number of halogens is 1. The summed E-state index contributed by atoms with van der Waals surface area (Å²) >= 11 is 5.97. The molecule has 0 radical (unpaired) electrons. The molecule has 0 saturated heterocycles. The summed E-state index contributed by atoms with van der Waals surface area (Å²) in [6, 6.07) is 5.10. The summed E-state index contributed by atoms with van der Waals surface area (Å²) in [7, 11) is -3.46. The molecule has 3 nitrogen and oxygen atoms in total. The van der Waals surface area contributed by atoms with Crippen LogP contribution in [0, 0.1) is 6.92 Å². The van der Waals surface area contributed by atoms with Crippen molar-refractivity contribution in [1.29, 1.82) is 0 Å². The minimum absolute atomic E-state index is 0.223. The van der Waals surface area contributed by atoms with Crippen LogP contribution in [0.1, 0.15) is 19.4 Å². The lowest BCUT2D eigenvalue weighted by molar-refractivity contribution is 0.445. The van der Waals surface area contributed by atoms with Crippen molar-refractivity contribution in [3.63, 3.8) is 0 Å². The average Bonchev–Trinajstić information content (AvgIpc) is 2.18. The Balaban J connectivity index is 3.38. The minimum Gasteiger partial charge on any atom is -0.207 e. The van der Waals surface area contributed by atoms with Gasteiger partial charge in [-0.1, -0.05) is 37.6 Å². The second-order valence-electron chi connectivity index (χ2n) is 3.48. The number of hydrogen-bond acceptors (Lipinski definition) is 2. The SMILES string of the molecule is CCN(CC)S(=O)(=O)c1c(C)cccc1Cl. The molecule has 0 bridgehead atoms. The van der Waals surface area contributed by atoms with Crippen LogP contribution in [0.2, 0.25) is 5.02 Å². The van der Waals surface area contributed by atoms with Gasteiger partial charge < -0.3 is 0 Å². The van der Waals surface area contributed by atoms with E-state index in [4.69, 9.17) is 11.6 Å². The molecule has 0 aliphatic heterocycles. The van der Waals surface area contributed by atoms with E-state index in [0.717, 1.165) is 0 Å². The summed E-state index contributed by atoms with van der Waals surface area (Å²) in [4.78, 5) is 0.223. The highest BCUT2D eigenvalue weighted by molar-refractivity contribution is 7.89. The number of rotatable bonds is 4. The summed E-state index contributed by atoms with van der Waals surface area (Å²) in [5, 5.41) is 0.284. The van der Waals surface area contributed by atoms with Crippen LogP contribution in [0.5, 0.6) is 0 Å². The molecule has 90 valence electrons. The number of sulfonamides is 1. The van der Waals surface area contributed by atoms with Crippen molar-refractivity contribution in [1.82, 2.24) is 4.31 Å². The van der Waals surface area contributed by atoms with Gasteiger partial charge in [0.15, 0.2) is 0 Å². The zero-order chi connectivity index (χ0) is 12.3. The van der Waals surface area contributed by atoms with Crippen LogP contribution >= 0.6 is 11.6 Å². The number of hydrogen-bond donors (Lipinski definition) is 0. The second kappa shape index (κ2) is 5.17. The summed E-state index contributed by atoms with van der Waals surface area (Å²) in [5.74, 6) is 0. The normalized spacial score (nSPS) is 12.1. The molecule has 0 aliphatic carbocycles. The lowest BCUT2D eigenvalue weighted by Crippen LogP contribution is -2.31. The molecule has 0 spiro atoms. The van der Waals surface area contributed by atoms with E-state index in [1.165, 1.54) is 4.31 Å². The van der Waals surface area contributed by atoms with Crippen molar-refractivity contribution < 1.29 is 8.42 Å². The Morgan fingerprint density at radius 1 is 1.25 bits per heavy atom. The standard InChI is InChI=1S/C11H16ClNO2S/c1-4-13(5-2)16(14,15)11-9(3)7-6-8-10(11)12/h6-8H,4-5H2,1-3H3. The molecule has 0 aromatic heterocycles. The van der Waals surface area contributed by atoms with E-state index in [0.29, 0.717) is 18.7 Å². The van der Waals surface area contributed by atoms with Crippen LogP contribution in [0.3, 0.4) is 0 Å². The Morgan fingerprint density at radius 3 is 2.25 bits per heavy atom. The van der Waals surface area contributed by atoms with E-state index in [-0.39, 0.29) is 9.92 Å². The van der Waals surface area contributed by atoms with Gasteiger partial charge in [0.2, 0.25) is 10.0 Å². The molecule has 0 heterocycles. The van der Waals surface area contributed by atoms with Crippen LogP contribution in [0.15, 0.2) is 23.1 Å². The summed E-state index contributed by atoms with van der Waals surface area (Å²) in [6.45, 7) is 6.27. The third-order valence-electron chi connectivity index (χ3n) is 2.47. The van der Waals surface area contributed by atoms with Gasteiger partial charge in [0.05, 0.1) is 5.02 Å². The Labute approximate surface area is 102 Å². The van der Waals surface area contributed by atoms with Crippen molar-refractivity contribution in [3.05, 3.63) is 28.8 Å². The summed E-state index contributed by atoms with van der Waals surface area (Å²) in [6.07, 6.45) is 0. The molecule has 0 amide bonds. The van der Waals surface area contributed by atoms with Gasteiger partial charge in [-0.05, 0) is 18.6 Å². The zero-order valence-electron chi connectivity index (χ0n) is 9.70. The summed E-state index contributed by atoms with van der Waals surface area (Å²) in [5.41, 5.74) is 0.680. The molecule has 0 unspecified atom stereocenters. The van der Waals surface area contributed by atoms with Crippen LogP contribution in [0.4, 0.5) is 0 Å². The zero-order valence-corrected chi connectivity index (χ0v) is 11.3. The van der Waals surface area contributed by atoms with E-state index < -0.39 is 10.0 Å². The molecule has 5 heteroatoms. The van der Waals surface area contributed by atoms with Gasteiger partial charge in [-0.3, -0.25) is 0 Å². The third kappa shape index (κ3) is 2.39. The number of aryl methyl sites for hydroxylation is 1. The molecule has 0 N–H and O–H groups in total. The molecule has 1 aromatic carbocycles. The Morgan fingerprint density at radius 2 is 1.81 bits per heavy atom. The fourth-order valence-electron chi connectivity index (χ4n) is 1.64. The van der Waals surface area contributed by atoms with E-state index >= 15 is 0 Å². The minimum atomic E-state index is -3.46. The molecule has 1 rings (SSSR count). The largest absolute Gasteiger partial charge is 0.244 e. The lowest BCUT2D eigenvalue weighted by Gasteiger charge is -2.20. The van der Waals surface area contributed by atoms with Gasteiger partial charge in [-0.15, -0.1) is 0 Å². The maximum absolute atomic E-state index is 12.3. The average molecular weight is 262 g/mol.